The van der Waals surface area contributed by atoms with Crippen LogP contribution >= 0.6 is 0 Å². The highest BCUT2D eigenvalue weighted by Crippen LogP contribution is 2.42. The Morgan fingerprint density at radius 1 is 1.30 bits per heavy atom. The van der Waals surface area contributed by atoms with Crippen LogP contribution in [0.3, 0.4) is 0 Å². The molecule has 4 N–H and O–H groups in total. The molecule has 1 fully saturated rings. The van der Waals surface area contributed by atoms with E-state index in [4.69, 9.17) is 5.73 Å². The third-order valence-corrected chi connectivity index (χ3v) is 4.77. The average molecular weight is 316 g/mol. The van der Waals surface area contributed by atoms with Crippen LogP contribution in [-0.4, -0.2) is 25.0 Å². The molecule has 0 aromatic heterocycles. The van der Waals surface area contributed by atoms with Gasteiger partial charge >= 0.3 is 0 Å². The van der Waals surface area contributed by atoms with Crippen LogP contribution < -0.4 is 16.4 Å². The van der Waals surface area contributed by atoms with Crippen LogP contribution in [0.25, 0.3) is 0 Å². The summed E-state index contributed by atoms with van der Waals surface area (Å²) in [5, 5.41) is 6.75. The largest absolute Gasteiger partial charge is 0.366 e. The van der Waals surface area contributed by atoms with E-state index in [1.54, 1.807) is 12.1 Å². The zero-order chi connectivity index (χ0) is 16.7. The number of guanidine groups is 1. The summed E-state index contributed by atoms with van der Waals surface area (Å²) in [5.74, 6) is 0.424. The number of carbonyl (C=O) groups excluding carboxylic acids is 1. The molecule has 0 atom stereocenters. The Morgan fingerprint density at radius 2 is 2.09 bits per heavy atom. The van der Waals surface area contributed by atoms with E-state index in [1.807, 2.05) is 12.1 Å². The molecular formula is C18H28N4O. The summed E-state index contributed by atoms with van der Waals surface area (Å²) in [6.45, 7) is 6.64. The summed E-state index contributed by atoms with van der Waals surface area (Å²) in [5.41, 5.74) is 7.27. The van der Waals surface area contributed by atoms with Gasteiger partial charge in [-0.25, -0.2) is 4.99 Å². The molecule has 0 radical (unpaired) electrons. The minimum absolute atomic E-state index is 0.407. The maximum absolute atomic E-state index is 11.2. The predicted octanol–water partition coefficient (Wildman–Crippen LogP) is 2.42. The molecular weight excluding hydrogens is 288 g/mol. The van der Waals surface area contributed by atoms with Crippen molar-refractivity contribution >= 4 is 11.9 Å². The third kappa shape index (κ3) is 4.71. The first-order chi connectivity index (χ1) is 11.1. The molecule has 2 rings (SSSR count). The van der Waals surface area contributed by atoms with Crippen molar-refractivity contribution in [3.05, 3.63) is 35.4 Å². The fraction of sp³-hybridized carbons (Fsp3) is 0.556. The van der Waals surface area contributed by atoms with Gasteiger partial charge in [-0.1, -0.05) is 25.5 Å². The minimum Gasteiger partial charge on any atom is -0.366 e. The van der Waals surface area contributed by atoms with Crippen molar-refractivity contribution < 1.29 is 4.79 Å². The molecule has 23 heavy (non-hydrogen) atoms. The molecule has 0 spiro atoms. The van der Waals surface area contributed by atoms with E-state index >= 15 is 0 Å². The quantitative estimate of drug-likeness (QED) is 0.534. The third-order valence-electron chi connectivity index (χ3n) is 4.77. The summed E-state index contributed by atoms with van der Waals surface area (Å²) in [7, 11) is 0. The molecule has 5 nitrogen and oxygen atoms in total. The Hall–Kier alpha value is -2.04. The van der Waals surface area contributed by atoms with Crippen molar-refractivity contribution in [2.45, 2.75) is 46.1 Å². The molecule has 1 aromatic carbocycles. The number of primary amides is 1. The van der Waals surface area contributed by atoms with E-state index in [0.717, 1.165) is 24.6 Å². The Labute approximate surface area is 138 Å². The Bertz CT molecular complexity index is 558. The number of aliphatic imine (C=N–C) groups is 1. The number of benzene rings is 1. The number of nitrogens with two attached hydrogens (primary N) is 1. The van der Waals surface area contributed by atoms with Gasteiger partial charge in [-0.05, 0) is 49.3 Å². The monoisotopic (exact) mass is 316 g/mol. The highest BCUT2D eigenvalue weighted by atomic mass is 16.1. The van der Waals surface area contributed by atoms with Gasteiger partial charge < -0.3 is 16.4 Å². The average Bonchev–Trinajstić information content (AvgIpc) is 2.52. The normalized spacial score (nSPS) is 16.5. The first-order valence-corrected chi connectivity index (χ1v) is 8.49. The lowest BCUT2D eigenvalue weighted by Gasteiger charge is -2.41. The second-order valence-electron chi connectivity index (χ2n) is 6.32. The Balaban J connectivity index is 1.98. The van der Waals surface area contributed by atoms with E-state index in [2.05, 4.69) is 29.5 Å². The summed E-state index contributed by atoms with van der Waals surface area (Å²) in [6.07, 6.45) is 5.15. The zero-order valence-corrected chi connectivity index (χ0v) is 14.2. The molecule has 1 saturated carbocycles. The number of hydrogen-bond acceptors (Lipinski definition) is 2. The van der Waals surface area contributed by atoms with Gasteiger partial charge in [0.2, 0.25) is 5.91 Å². The smallest absolute Gasteiger partial charge is 0.248 e. The maximum atomic E-state index is 11.2. The number of nitrogens with zero attached hydrogens (tertiary/aromatic N) is 1. The highest BCUT2D eigenvalue weighted by Gasteiger charge is 2.34. The summed E-state index contributed by atoms with van der Waals surface area (Å²) in [6, 6.07) is 7.32. The highest BCUT2D eigenvalue weighted by molar-refractivity contribution is 5.92. The molecule has 126 valence electrons. The number of carbonyl (C=O) groups is 1. The van der Waals surface area contributed by atoms with Crippen molar-refractivity contribution in [2.75, 3.05) is 13.1 Å². The summed E-state index contributed by atoms with van der Waals surface area (Å²) < 4.78 is 0. The van der Waals surface area contributed by atoms with Crippen molar-refractivity contribution in [3.63, 3.8) is 0 Å². The van der Waals surface area contributed by atoms with E-state index in [-0.39, 0.29) is 0 Å². The van der Waals surface area contributed by atoms with Gasteiger partial charge in [0.1, 0.15) is 0 Å². The van der Waals surface area contributed by atoms with E-state index in [1.165, 1.54) is 25.7 Å². The van der Waals surface area contributed by atoms with Crippen LogP contribution in [0.4, 0.5) is 0 Å². The zero-order valence-electron chi connectivity index (χ0n) is 14.2. The molecule has 1 amide bonds. The van der Waals surface area contributed by atoms with E-state index in [9.17, 15) is 4.79 Å². The fourth-order valence-corrected chi connectivity index (χ4v) is 2.94. The molecule has 0 heterocycles. The van der Waals surface area contributed by atoms with Crippen LogP contribution in [0.5, 0.6) is 0 Å². The molecule has 0 bridgehead atoms. The molecule has 5 heteroatoms. The standard InChI is InChI=1S/C18H28N4O/c1-3-18(9-6-10-18)13-22-17(20-4-2)21-12-14-7-5-8-15(11-14)16(19)23/h5,7-8,11H,3-4,6,9-10,12-13H2,1-2H3,(H2,19,23)(H2,20,21,22). The second-order valence-corrected chi connectivity index (χ2v) is 6.32. The van der Waals surface area contributed by atoms with Crippen molar-refractivity contribution in [1.82, 2.24) is 10.6 Å². The van der Waals surface area contributed by atoms with Gasteiger partial charge in [-0.2, -0.15) is 0 Å². The van der Waals surface area contributed by atoms with Gasteiger partial charge in [-0.15, -0.1) is 0 Å². The van der Waals surface area contributed by atoms with Crippen LogP contribution in [-0.2, 0) is 6.54 Å². The van der Waals surface area contributed by atoms with Crippen LogP contribution in [0, 0.1) is 5.41 Å². The Kier molecular flexibility index (Phi) is 6.02. The van der Waals surface area contributed by atoms with Crippen LogP contribution in [0.1, 0.15) is 55.5 Å². The first kappa shape index (κ1) is 17.3. The van der Waals surface area contributed by atoms with Gasteiger partial charge in [0, 0.05) is 18.7 Å². The lowest BCUT2D eigenvalue weighted by molar-refractivity contribution is 0.1000. The summed E-state index contributed by atoms with van der Waals surface area (Å²) in [4.78, 5) is 15.9. The number of amides is 1. The molecule has 1 aliphatic rings. The van der Waals surface area contributed by atoms with Gasteiger partial charge in [0.25, 0.3) is 0 Å². The van der Waals surface area contributed by atoms with Gasteiger partial charge in [-0.3, -0.25) is 4.79 Å². The molecule has 1 aliphatic carbocycles. The first-order valence-electron chi connectivity index (χ1n) is 8.49. The second kappa shape index (κ2) is 7.99. The molecule has 0 saturated heterocycles. The SMILES string of the molecule is CCNC(=NCc1cccc(C(N)=O)c1)NCC1(CC)CCC1. The fourth-order valence-electron chi connectivity index (χ4n) is 2.94. The van der Waals surface area contributed by atoms with Gasteiger partial charge in [0.05, 0.1) is 6.54 Å². The lowest BCUT2D eigenvalue weighted by atomic mass is 9.67. The van der Waals surface area contributed by atoms with Crippen molar-refractivity contribution in [3.8, 4) is 0 Å². The number of rotatable bonds is 7. The Morgan fingerprint density at radius 3 is 2.65 bits per heavy atom. The van der Waals surface area contributed by atoms with Crippen molar-refractivity contribution in [2.24, 2.45) is 16.1 Å². The van der Waals surface area contributed by atoms with Crippen molar-refractivity contribution in [1.29, 1.82) is 0 Å². The maximum Gasteiger partial charge on any atom is 0.248 e. The lowest BCUT2D eigenvalue weighted by Crippen LogP contribution is -2.46. The molecule has 0 unspecified atom stereocenters. The topological polar surface area (TPSA) is 79.5 Å². The minimum atomic E-state index is -0.407. The van der Waals surface area contributed by atoms with Crippen LogP contribution in [0.15, 0.2) is 29.3 Å². The predicted molar refractivity (Wildman–Crippen MR) is 94.4 cm³/mol. The summed E-state index contributed by atoms with van der Waals surface area (Å²) >= 11 is 0. The van der Waals surface area contributed by atoms with E-state index < -0.39 is 5.91 Å². The number of hydrogen-bond donors (Lipinski definition) is 3. The van der Waals surface area contributed by atoms with Crippen LogP contribution in [0.2, 0.25) is 0 Å². The van der Waals surface area contributed by atoms with E-state index in [0.29, 0.717) is 17.5 Å². The van der Waals surface area contributed by atoms with Gasteiger partial charge in [0.15, 0.2) is 5.96 Å². The number of nitrogens with one attached hydrogen (secondary N) is 2. The molecule has 1 aromatic rings. The molecule has 0 aliphatic heterocycles.